The van der Waals surface area contributed by atoms with E-state index in [4.69, 9.17) is 11.6 Å². The highest BCUT2D eigenvalue weighted by atomic mass is 35.5. The maximum Gasteiger partial charge on any atom is 0.167 e. The number of halogens is 1. The Morgan fingerprint density at radius 1 is 1.35 bits per heavy atom. The molecular formula is C18H22ClNO2S. The zero-order chi connectivity index (χ0) is 16.7. The Labute approximate surface area is 143 Å². The molecule has 0 amide bonds. The van der Waals surface area contributed by atoms with Crippen molar-refractivity contribution < 1.29 is 8.42 Å². The van der Waals surface area contributed by atoms with Crippen molar-refractivity contribution in [2.45, 2.75) is 36.7 Å². The topological polar surface area (TPSA) is 46.2 Å². The Hall–Kier alpha value is -1.10. The molecule has 0 saturated heterocycles. The van der Waals surface area contributed by atoms with Crippen molar-refractivity contribution >= 4 is 21.4 Å². The van der Waals surface area contributed by atoms with Crippen LogP contribution in [0.15, 0.2) is 42.0 Å². The SMILES string of the molecule is CC1=CC=CC(C)(S(=O)(=O)C2CNCCc3ccc(Cl)cc32)C1. The molecule has 3 nitrogen and oxygen atoms in total. The number of allylic oxidation sites excluding steroid dienone is 3. The van der Waals surface area contributed by atoms with Crippen molar-refractivity contribution in [1.82, 2.24) is 5.32 Å². The molecule has 1 aromatic carbocycles. The van der Waals surface area contributed by atoms with Gasteiger partial charge in [-0.05, 0) is 56.5 Å². The van der Waals surface area contributed by atoms with Crippen LogP contribution < -0.4 is 5.32 Å². The molecule has 124 valence electrons. The fourth-order valence-corrected chi connectivity index (χ4v) is 5.96. The molecule has 1 aromatic rings. The third-order valence-electron chi connectivity index (χ3n) is 4.84. The minimum Gasteiger partial charge on any atom is -0.315 e. The number of benzene rings is 1. The van der Waals surface area contributed by atoms with Gasteiger partial charge in [-0.3, -0.25) is 0 Å². The number of hydrogen-bond acceptors (Lipinski definition) is 3. The van der Waals surface area contributed by atoms with Crippen LogP contribution in [0.4, 0.5) is 0 Å². The van der Waals surface area contributed by atoms with Crippen molar-refractivity contribution in [2.75, 3.05) is 13.1 Å². The van der Waals surface area contributed by atoms with E-state index in [1.165, 1.54) is 0 Å². The van der Waals surface area contributed by atoms with E-state index in [0.29, 0.717) is 18.0 Å². The van der Waals surface area contributed by atoms with Crippen LogP contribution in [-0.2, 0) is 16.3 Å². The zero-order valence-electron chi connectivity index (χ0n) is 13.5. The molecule has 0 radical (unpaired) electrons. The fraction of sp³-hybridized carbons (Fsp3) is 0.444. The summed E-state index contributed by atoms with van der Waals surface area (Å²) < 4.78 is 26.1. The Kier molecular flexibility index (Phi) is 4.43. The van der Waals surface area contributed by atoms with E-state index in [0.717, 1.165) is 29.7 Å². The molecule has 3 rings (SSSR count). The second-order valence-electron chi connectivity index (χ2n) is 6.69. The minimum atomic E-state index is -3.42. The van der Waals surface area contributed by atoms with Crippen LogP contribution in [0.1, 0.15) is 36.6 Å². The first-order valence-corrected chi connectivity index (χ1v) is 9.83. The molecule has 1 aliphatic heterocycles. The van der Waals surface area contributed by atoms with Crippen molar-refractivity contribution in [3.8, 4) is 0 Å². The lowest BCUT2D eigenvalue weighted by molar-refractivity contribution is 0.539. The van der Waals surface area contributed by atoms with Gasteiger partial charge in [-0.15, -0.1) is 0 Å². The highest BCUT2D eigenvalue weighted by Gasteiger charge is 2.44. The van der Waals surface area contributed by atoms with Gasteiger partial charge in [0.1, 0.15) is 0 Å². The third-order valence-corrected chi connectivity index (χ3v) is 7.82. The van der Waals surface area contributed by atoms with Gasteiger partial charge in [-0.25, -0.2) is 8.42 Å². The highest BCUT2D eigenvalue weighted by molar-refractivity contribution is 7.93. The molecule has 2 unspecified atom stereocenters. The second kappa shape index (κ2) is 6.08. The van der Waals surface area contributed by atoms with Crippen molar-refractivity contribution in [2.24, 2.45) is 0 Å². The van der Waals surface area contributed by atoms with Crippen molar-refractivity contribution in [1.29, 1.82) is 0 Å². The summed E-state index contributed by atoms with van der Waals surface area (Å²) >= 11 is 6.15. The lowest BCUT2D eigenvalue weighted by Crippen LogP contribution is -2.41. The van der Waals surface area contributed by atoms with Gasteiger partial charge in [-0.2, -0.15) is 0 Å². The van der Waals surface area contributed by atoms with E-state index >= 15 is 0 Å². The highest BCUT2D eigenvalue weighted by Crippen LogP contribution is 2.40. The minimum absolute atomic E-state index is 0.432. The van der Waals surface area contributed by atoms with E-state index in [1.54, 1.807) is 0 Å². The molecule has 2 atom stereocenters. The fourth-order valence-electron chi connectivity index (χ4n) is 3.54. The number of sulfone groups is 1. The maximum absolute atomic E-state index is 13.5. The summed E-state index contributed by atoms with van der Waals surface area (Å²) in [5.74, 6) is 0. The van der Waals surface area contributed by atoms with Crippen LogP contribution in [0.5, 0.6) is 0 Å². The summed E-state index contributed by atoms with van der Waals surface area (Å²) in [4.78, 5) is 0. The standard InChI is InChI=1S/C18H22ClNO2S/c1-13-4-3-8-18(2,11-13)23(21,22)17-12-20-9-7-14-5-6-15(19)10-16(14)17/h3-6,8,10,17,20H,7,9,11-12H2,1-2H3. The molecular weight excluding hydrogens is 330 g/mol. The summed E-state index contributed by atoms with van der Waals surface area (Å²) in [6, 6.07) is 5.62. The normalized spacial score (nSPS) is 28.0. The lowest BCUT2D eigenvalue weighted by Gasteiger charge is -2.33. The first-order chi connectivity index (χ1) is 10.8. The van der Waals surface area contributed by atoms with E-state index in [9.17, 15) is 8.42 Å². The predicted molar refractivity (Wildman–Crippen MR) is 95.6 cm³/mol. The quantitative estimate of drug-likeness (QED) is 0.885. The largest absolute Gasteiger partial charge is 0.315 e. The van der Waals surface area contributed by atoms with Gasteiger partial charge in [0.15, 0.2) is 9.84 Å². The summed E-state index contributed by atoms with van der Waals surface area (Å²) in [7, 11) is -3.42. The molecule has 5 heteroatoms. The molecule has 0 bridgehead atoms. The number of nitrogens with one attached hydrogen (secondary N) is 1. The van der Waals surface area contributed by atoms with Gasteiger partial charge in [0.25, 0.3) is 0 Å². The van der Waals surface area contributed by atoms with E-state index in [-0.39, 0.29) is 0 Å². The number of hydrogen-bond donors (Lipinski definition) is 1. The van der Waals surface area contributed by atoms with Crippen LogP contribution in [-0.4, -0.2) is 26.3 Å². The van der Waals surface area contributed by atoms with Gasteiger partial charge in [0.2, 0.25) is 0 Å². The second-order valence-corrected chi connectivity index (χ2v) is 9.72. The van der Waals surface area contributed by atoms with Gasteiger partial charge in [0.05, 0.1) is 10.00 Å². The summed E-state index contributed by atoms with van der Waals surface area (Å²) in [5.41, 5.74) is 3.01. The Morgan fingerprint density at radius 3 is 2.87 bits per heavy atom. The molecule has 1 aliphatic carbocycles. The van der Waals surface area contributed by atoms with Crippen LogP contribution in [0, 0.1) is 0 Å². The number of fused-ring (bicyclic) bond motifs is 1. The van der Waals surface area contributed by atoms with Crippen molar-refractivity contribution in [3.63, 3.8) is 0 Å². The number of rotatable bonds is 2. The molecule has 0 aromatic heterocycles. The monoisotopic (exact) mass is 351 g/mol. The molecule has 23 heavy (non-hydrogen) atoms. The Morgan fingerprint density at radius 2 is 2.13 bits per heavy atom. The first kappa shape index (κ1) is 16.7. The first-order valence-electron chi connectivity index (χ1n) is 7.91. The van der Waals surface area contributed by atoms with Gasteiger partial charge in [-0.1, -0.05) is 41.5 Å². The smallest absolute Gasteiger partial charge is 0.167 e. The molecule has 1 heterocycles. The van der Waals surface area contributed by atoms with E-state index in [2.05, 4.69) is 5.32 Å². The average molecular weight is 352 g/mol. The summed E-state index contributed by atoms with van der Waals surface area (Å²) in [6.07, 6.45) is 7.03. The van der Waals surface area contributed by atoms with Crippen LogP contribution in [0.3, 0.4) is 0 Å². The van der Waals surface area contributed by atoms with Crippen LogP contribution >= 0.6 is 11.6 Å². The lowest BCUT2D eigenvalue weighted by atomic mass is 9.96. The van der Waals surface area contributed by atoms with Crippen molar-refractivity contribution in [3.05, 3.63) is 58.1 Å². The Balaban J connectivity index is 2.09. The van der Waals surface area contributed by atoms with E-state index < -0.39 is 19.8 Å². The van der Waals surface area contributed by atoms with Crippen LogP contribution in [0.2, 0.25) is 5.02 Å². The molecule has 0 fully saturated rings. The third kappa shape index (κ3) is 3.00. The maximum atomic E-state index is 13.5. The zero-order valence-corrected chi connectivity index (χ0v) is 15.0. The molecule has 2 aliphatic rings. The predicted octanol–water partition coefficient (Wildman–Crippen LogP) is 3.61. The molecule has 0 saturated carbocycles. The Bertz CT molecular complexity index is 782. The summed E-state index contributed by atoms with van der Waals surface area (Å²) in [5, 5.41) is 3.30. The molecule has 0 spiro atoms. The van der Waals surface area contributed by atoms with E-state index in [1.807, 2.05) is 50.3 Å². The van der Waals surface area contributed by atoms with Crippen LogP contribution in [0.25, 0.3) is 0 Å². The average Bonchev–Trinajstić information content (AvgIpc) is 2.69. The van der Waals surface area contributed by atoms with Gasteiger partial charge in [0, 0.05) is 11.6 Å². The molecule has 1 N–H and O–H groups in total. The van der Waals surface area contributed by atoms with Gasteiger partial charge < -0.3 is 5.32 Å². The van der Waals surface area contributed by atoms with Gasteiger partial charge >= 0.3 is 0 Å². The summed E-state index contributed by atoms with van der Waals surface area (Å²) in [6.45, 7) is 5.02.